The van der Waals surface area contributed by atoms with Crippen molar-refractivity contribution in [3.8, 4) is 0 Å². The minimum absolute atomic E-state index is 0.0683. The fourth-order valence-electron chi connectivity index (χ4n) is 3.22. The minimum Gasteiger partial charge on any atom is -0.382 e. The molecule has 5 nitrogen and oxygen atoms in total. The van der Waals surface area contributed by atoms with Gasteiger partial charge in [-0.15, -0.1) is 0 Å². The number of hydrogen-bond donors (Lipinski definition) is 0. The summed E-state index contributed by atoms with van der Waals surface area (Å²) < 4.78 is 6.70. The largest absolute Gasteiger partial charge is 0.382 e. The van der Waals surface area contributed by atoms with E-state index in [1.165, 1.54) is 4.68 Å². The summed E-state index contributed by atoms with van der Waals surface area (Å²) in [7, 11) is 3.33. The van der Waals surface area contributed by atoms with Gasteiger partial charge >= 0.3 is 0 Å². The fourth-order valence-corrected chi connectivity index (χ4v) is 3.49. The van der Waals surface area contributed by atoms with E-state index in [1.807, 2.05) is 0 Å². The van der Waals surface area contributed by atoms with Crippen LogP contribution in [0.15, 0.2) is 11.0 Å². The molecule has 112 valence electrons. The van der Waals surface area contributed by atoms with Gasteiger partial charge in [-0.25, -0.2) is 4.68 Å². The third-order valence-corrected chi connectivity index (χ3v) is 4.43. The standard InChI is InChI=1S/C14H22ClN3O2/c1-4-6-14(10-20-3)7-5-8-18(14)11-9-16-17(2)13(19)12(11)15/h9H,4-8,10H2,1-3H3. The molecular formula is C14H22ClN3O2. The molecule has 1 aromatic heterocycles. The number of rotatable bonds is 5. The topological polar surface area (TPSA) is 47.4 Å². The third-order valence-electron chi connectivity index (χ3n) is 4.08. The predicted octanol–water partition coefficient (Wildman–Crippen LogP) is 2.22. The van der Waals surface area contributed by atoms with E-state index in [1.54, 1.807) is 20.4 Å². The second kappa shape index (κ2) is 6.14. The lowest BCUT2D eigenvalue weighted by atomic mass is 9.91. The molecule has 1 aliphatic heterocycles. The van der Waals surface area contributed by atoms with E-state index in [0.717, 1.165) is 37.9 Å². The Bertz CT molecular complexity index is 524. The predicted molar refractivity (Wildman–Crippen MR) is 80.6 cm³/mol. The third kappa shape index (κ3) is 2.56. The second-order valence-electron chi connectivity index (χ2n) is 5.44. The van der Waals surface area contributed by atoms with Gasteiger partial charge in [0.2, 0.25) is 0 Å². The van der Waals surface area contributed by atoms with Crippen LogP contribution in [0, 0.1) is 0 Å². The molecule has 1 unspecified atom stereocenters. The Morgan fingerprint density at radius 2 is 2.30 bits per heavy atom. The lowest BCUT2D eigenvalue weighted by Gasteiger charge is -2.39. The zero-order valence-corrected chi connectivity index (χ0v) is 13.1. The summed E-state index contributed by atoms with van der Waals surface area (Å²) in [4.78, 5) is 14.2. The molecule has 2 rings (SSSR count). The van der Waals surface area contributed by atoms with Crippen LogP contribution in [0.25, 0.3) is 0 Å². The van der Waals surface area contributed by atoms with Gasteiger partial charge in [0.05, 0.1) is 24.0 Å². The van der Waals surface area contributed by atoms with Crippen LogP contribution in [0.4, 0.5) is 5.69 Å². The molecule has 2 heterocycles. The number of ether oxygens (including phenoxy) is 1. The molecule has 0 N–H and O–H groups in total. The molecule has 1 aromatic rings. The molecule has 0 aliphatic carbocycles. The minimum atomic E-state index is -0.251. The summed E-state index contributed by atoms with van der Waals surface area (Å²) in [6, 6.07) is 0. The number of methoxy groups -OCH3 is 1. The van der Waals surface area contributed by atoms with Gasteiger partial charge in [-0.05, 0) is 19.3 Å². The molecule has 1 fully saturated rings. The second-order valence-corrected chi connectivity index (χ2v) is 5.81. The number of aryl methyl sites for hydroxylation is 1. The van der Waals surface area contributed by atoms with Gasteiger partial charge in [0.15, 0.2) is 0 Å². The summed E-state index contributed by atoms with van der Waals surface area (Å²) in [6.07, 6.45) is 5.91. The molecule has 1 aliphatic rings. The first kappa shape index (κ1) is 15.3. The van der Waals surface area contributed by atoms with Crippen LogP contribution in [0.3, 0.4) is 0 Å². The van der Waals surface area contributed by atoms with Gasteiger partial charge in [0, 0.05) is 20.7 Å². The molecule has 0 radical (unpaired) electrons. The van der Waals surface area contributed by atoms with Gasteiger partial charge in [-0.1, -0.05) is 24.9 Å². The summed E-state index contributed by atoms with van der Waals surface area (Å²) in [6.45, 7) is 3.70. The molecule has 0 saturated carbocycles. The van der Waals surface area contributed by atoms with Gasteiger partial charge in [-0.3, -0.25) is 4.79 Å². The Morgan fingerprint density at radius 1 is 1.55 bits per heavy atom. The Hall–Kier alpha value is -1.07. The molecule has 0 amide bonds. The molecule has 0 spiro atoms. The van der Waals surface area contributed by atoms with Crippen LogP contribution in [0.1, 0.15) is 32.6 Å². The maximum atomic E-state index is 12.0. The fraction of sp³-hybridized carbons (Fsp3) is 0.714. The van der Waals surface area contributed by atoms with E-state index in [2.05, 4.69) is 16.9 Å². The molecule has 1 saturated heterocycles. The molecule has 6 heteroatoms. The first-order chi connectivity index (χ1) is 9.55. The first-order valence-electron chi connectivity index (χ1n) is 7.04. The molecule has 20 heavy (non-hydrogen) atoms. The van der Waals surface area contributed by atoms with E-state index < -0.39 is 0 Å². The number of aromatic nitrogens is 2. The zero-order valence-electron chi connectivity index (χ0n) is 12.4. The average molecular weight is 300 g/mol. The average Bonchev–Trinajstić information content (AvgIpc) is 2.81. The molecular weight excluding hydrogens is 278 g/mol. The summed E-state index contributed by atoms with van der Waals surface area (Å²) >= 11 is 6.25. The van der Waals surface area contributed by atoms with Crippen molar-refractivity contribution in [2.75, 3.05) is 25.2 Å². The van der Waals surface area contributed by atoms with E-state index in [4.69, 9.17) is 16.3 Å². The highest BCUT2D eigenvalue weighted by molar-refractivity contribution is 6.33. The SMILES string of the molecule is CCCC1(COC)CCCN1c1cnn(C)c(=O)c1Cl. The Morgan fingerprint density at radius 3 is 2.95 bits per heavy atom. The van der Waals surface area contributed by atoms with E-state index >= 15 is 0 Å². The quantitative estimate of drug-likeness (QED) is 0.836. The molecule has 0 bridgehead atoms. The van der Waals surface area contributed by atoms with Crippen molar-refractivity contribution in [1.82, 2.24) is 9.78 Å². The smallest absolute Gasteiger partial charge is 0.287 e. The zero-order chi connectivity index (χ0) is 14.8. The lowest BCUT2D eigenvalue weighted by molar-refractivity contribution is 0.127. The van der Waals surface area contributed by atoms with Crippen molar-refractivity contribution in [3.63, 3.8) is 0 Å². The van der Waals surface area contributed by atoms with Crippen molar-refractivity contribution < 1.29 is 4.74 Å². The first-order valence-corrected chi connectivity index (χ1v) is 7.42. The van der Waals surface area contributed by atoms with Crippen molar-refractivity contribution >= 4 is 17.3 Å². The van der Waals surface area contributed by atoms with Crippen LogP contribution in [-0.2, 0) is 11.8 Å². The monoisotopic (exact) mass is 299 g/mol. The summed E-state index contributed by atoms with van der Waals surface area (Å²) in [5, 5.41) is 4.36. The van der Waals surface area contributed by atoms with Crippen LogP contribution in [0.2, 0.25) is 5.02 Å². The van der Waals surface area contributed by atoms with E-state index in [0.29, 0.717) is 6.61 Å². The maximum Gasteiger partial charge on any atom is 0.287 e. The van der Waals surface area contributed by atoms with Crippen LogP contribution >= 0.6 is 11.6 Å². The van der Waals surface area contributed by atoms with E-state index in [9.17, 15) is 4.79 Å². The van der Waals surface area contributed by atoms with Gasteiger partial charge in [-0.2, -0.15) is 5.10 Å². The Labute approximate surface area is 124 Å². The van der Waals surface area contributed by atoms with Crippen molar-refractivity contribution in [2.24, 2.45) is 7.05 Å². The van der Waals surface area contributed by atoms with Crippen molar-refractivity contribution in [1.29, 1.82) is 0 Å². The van der Waals surface area contributed by atoms with Gasteiger partial charge < -0.3 is 9.64 Å². The van der Waals surface area contributed by atoms with E-state index in [-0.39, 0.29) is 16.1 Å². The van der Waals surface area contributed by atoms with Crippen molar-refractivity contribution in [3.05, 3.63) is 21.6 Å². The highest BCUT2D eigenvalue weighted by Crippen LogP contribution is 2.39. The highest BCUT2D eigenvalue weighted by atomic mass is 35.5. The Balaban J connectivity index is 2.44. The van der Waals surface area contributed by atoms with Gasteiger partial charge in [0.25, 0.3) is 5.56 Å². The van der Waals surface area contributed by atoms with Crippen LogP contribution in [-0.4, -0.2) is 35.6 Å². The van der Waals surface area contributed by atoms with Gasteiger partial charge in [0.1, 0.15) is 5.02 Å². The molecule has 1 atom stereocenters. The number of anilines is 1. The summed E-state index contributed by atoms with van der Waals surface area (Å²) in [5.74, 6) is 0. The summed E-state index contributed by atoms with van der Waals surface area (Å²) in [5.41, 5.74) is 0.415. The number of halogens is 1. The Kier molecular flexibility index (Phi) is 4.70. The van der Waals surface area contributed by atoms with Crippen molar-refractivity contribution in [2.45, 2.75) is 38.1 Å². The van der Waals surface area contributed by atoms with Crippen LogP contribution < -0.4 is 10.5 Å². The maximum absolute atomic E-state index is 12.0. The highest BCUT2D eigenvalue weighted by Gasteiger charge is 2.41. The number of hydrogen-bond acceptors (Lipinski definition) is 4. The molecule has 0 aromatic carbocycles. The number of nitrogens with zero attached hydrogens (tertiary/aromatic N) is 3. The van der Waals surface area contributed by atoms with Crippen LogP contribution in [0.5, 0.6) is 0 Å². The lowest BCUT2D eigenvalue weighted by Crippen LogP contribution is -2.48. The normalized spacial score (nSPS) is 22.5.